The van der Waals surface area contributed by atoms with Crippen molar-refractivity contribution in [2.75, 3.05) is 0 Å². The number of thiazole rings is 1. The zero-order chi connectivity index (χ0) is 15.6. The Bertz CT molecular complexity index is 775. The SMILES string of the molecule is Cc1cc(Cl)c([N+](=O)[O-])cc1S(=O)(=O)NCc1cscn1. The van der Waals surface area contributed by atoms with Crippen LogP contribution in [0, 0.1) is 17.0 Å². The summed E-state index contributed by atoms with van der Waals surface area (Å²) in [6, 6.07) is 2.22. The molecular weight excluding hydrogens is 338 g/mol. The summed E-state index contributed by atoms with van der Waals surface area (Å²) in [6.07, 6.45) is 0. The van der Waals surface area contributed by atoms with Crippen LogP contribution in [-0.2, 0) is 16.6 Å². The highest BCUT2D eigenvalue weighted by molar-refractivity contribution is 7.89. The highest BCUT2D eigenvalue weighted by Gasteiger charge is 2.23. The first-order valence-electron chi connectivity index (χ1n) is 5.62. The van der Waals surface area contributed by atoms with Crippen LogP contribution in [0.4, 0.5) is 5.69 Å². The molecule has 1 aromatic heterocycles. The number of aromatic nitrogens is 1. The molecule has 7 nitrogen and oxygen atoms in total. The second-order valence-corrected chi connectivity index (χ2v) is 6.99. The fourth-order valence-corrected chi connectivity index (χ4v) is 3.73. The number of nitro groups is 1. The van der Waals surface area contributed by atoms with Crippen LogP contribution in [0.3, 0.4) is 0 Å². The maximum atomic E-state index is 12.2. The van der Waals surface area contributed by atoms with Gasteiger partial charge in [-0.15, -0.1) is 11.3 Å². The highest BCUT2D eigenvalue weighted by atomic mass is 35.5. The van der Waals surface area contributed by atoms with Gasteiger partial charge in [0, 0.05) is 11.4 Å². The molecule has 10 heteroatoms. The zero-order valence-electron chi connectivity index (χ0n) is 10.7. The van der Waals surface area contributed by atoms with Crippen molar-refractivity contribution >= 4 is 38.6 Å². The Morgan fingerprint density at radius 1 is 1.48 bits per heavy atom. The molecule has 0 fully saturated rings. The molecule has 1 heterocycles. The topological polar surface area (TPSA) is 102 Å². The lowest BCUT2D eigenvalue weighted by Crippen LogP contribution is -2.24. The van der Waals surface area contributed by atoms with Crippen molar-refractivity contribution in [1.82, 2.24) is 9.71 Å². The van der Waals surface area contributed by atoms with Crippen LogP contribution in [0.25, 0.3) is 0 Å². The van der Waals surface area contributed by atoms with Crippen LogP contribution in [-0.4, -0.2) is 18.3 Å². The third-order valence-electron chi connectivity index (χ3n) is 2.66. The van der Waals surface area contributed by atoms with E-state index in [0.717, 1.165) is 6.07 Å². The number of hydrogen-bond acceptors (Lipinski definition) is 6. The molecule has 0 saturated heterocycles. The fraction of sp³-hybridized carbons (Fsp3) is 0.182. The van der Waals surface area contributed by atoms with Gasteiger partial charge in [0.2, 0.25) is 10.0 Å². The average molecular weight is 348 g/mol. The minimum Gasteiger partial charge on any atom is -0.258 e. The van der Waals surface area contributed by atoms with Crippen LogP contribution in [0.2, 0.25) is 5.02 Å². The number of benzene rings is 1. The standard InChI is InChI=1S/C11H10ClN3O4S2/c1-7-2-9(12)10(15(16)17)3-11(7)21(18,19)14-4-8-5-20-6-13-8/h2-3,5-6,14H,4H2,1H3. The molecule has 2 rings (SSSR count). The maximum absolute atomic E-state index is 12.2. The molecule has 0 aliphatic carbocycles. The third kappa shape index (κ3) is 3.56. The van der Waals surface area contributed by atoms with E-state index < -0.39 is 20.6 Å². The molecule has 21 heavy (non-hydrogen) atoms. The Hall–Kier alpha value is -1.55. The van der Waals surface area contributed by atoms with Crippen molar-refractivity contribution in [2.24, 2.45) is 0 Å². The van der Waals surface area contributed by atoms with Crippen molar-refractivity contribution in [2.45, 2.75) is 18.4 Å². The summed E-state index contributed by atoms with van der Waals surface area (Å²) in [5.74, 6) is 0. The molecular formula is C11H10ClN3O4S2. The lowest BCUT2D eigenvalue weighted by molar-refractivity contribution is -0.384. The van der Waals surface area contributed by atoms with E-state index in [4.69, 9.17) is 11.6 Å². The lowest BCUT2D eigenvalue weighted by atomic mass is 10.2. The number of nitro benzene ring substituents is 1. The van der Waals surface area contributed by atoms with Crippen molar-refractivity contribution < 1.29 is 13.3 Å². The number of halogens is 1. The molecule has 0 saturated carbocycles. The van der Waals surface area contributed by atoms with Crippen LogP contribution in [0.15, 0.2) is 27.9 Å². The maximum Gasteiger partial charge on any atom is 0.289 e. The lowest BCUT2D eigenvalue weighted by Gasteiger charge is -2.09. The van der Waals surface area contributed by atoms with Gasteiger partial charge in [-0.3, -0.25) is 10.1 Å². The third-order valence-corrected chi connectivity index (χ3v) is 5.14. The zero-order valence-corrected chi connectivity index (χ0v) is 13.1. The molecule has 0 aliphatic rings. The van der Waals surface area contributed by atoms with Crippen molar-refractivity contribution in [3.8, 4) is 0 Å². The van der Waals surface area contributed by atoms with E-state index in [9.17, 15) is 18.5 Å². The van der Waals surface area contributed by atoms with E-state index in [1.54, 1.807) is 10.9 Å². The molecule has 0 spiro atoms. The molecule has 1 N–H and O–H groups in total. The molecule has 2 aromatic rings. The summed E-state index contributed by atoms with van der Waals surface area (Å²) in [5, 5.41) is 12.5. The van der Waals surface area contributed by atoms with Gasteiger partial charge in [0.1, 0.15) is 5.02 Å². The minimum absolute atomic E-state index is 0.0156. The van der Waals surface area contributed by atoms with Gasteiger partial charge in [-0.2, -0.15) is 0 Å². The van der Waals surface area contributed by atoms with Crippen LogP contribution >= 0.6 is 22.9 Å². The number of rotatable bonds is 5. The van der Waals surface area contributed by atoms with Gasteiger partial charge in [0.15, 0.2) is 0 Å². The van der Waals surface area contributed by atoms with Crippen LogP contribution in [0.5, 0.6) is 0 Å². The second-order valence-electron chi connectivity index (χ2n) is 4.13. The minimum atomic E-state index is -3.89. The number of nitrogens with zero attached hydrogens (tertiary/aromatic N) is 2. The predicted octanol–water partition coefficient (Wildman–Crippen LogP) is 2.49. The first-order chi connectivity index (χ1) is 9.81. The van der Waals surface area contributed by atoms with Gasteiger partial charge in [-0.1, -0.05) is 11.6 Å². The smallest absolute Gasteiger partial charge is 0.258 e. The predicted molar refractivity (Wildman–Crippen MR) is 79.0 cm³/mol. The van der Waals surface area contributed by atoms with E-state index in [2.05, 4.69) is 9.71 Å². The summed E-state index contributed by atoms with van der Waals surface area (Å²) in [4.78, 5) is 13.9. The van der Waals surface area contributed by atoms with Gasteiger partial charge in [0.05, 0.1) is 27.6 Å². The Labute approximate surface area is 129 Å². The summed E-state index contributed by atoms with van der Waals surface area (Å²) < 4.78 is 26.8. The molecule has 0 aliphatic heterocycles. The first-order valence-corrected chi connectivity index (χ1v) is 8.43. The Balaban J connectivity index is 2.35. The van der Waals surface area contributed by atoms with E-state index in [1.807, 2.05) is 0 Å². The van der Waals surface area contributed by atoms with Crippen LogP contribution in [0.1, 0.15) is 11.3 Å². The number of hydrogen-bond donors (Lipinski definition) is 1. The summed E-state index contributed by atoms with van der Waals surface area (Å²) in [7, 11) is -3.89. The summed E-state index contributed by atoms with van der Waals surface area (Å²) in [5.41, 5.74) is 2.04. The molecule has 0 amide bonds. The highest BCUT2D eigenvalue weighted by Crippen LogP contribution is 2.30. The van der Waals surface area contributed by atoms with Crippen LogP contribution < -0.4 is 4.72 Å². The van der Waals surface area contributed by atoms with Gasteiger partial charge in [-0.25, -0.2) is 18.1 Å². The van der Waals surface area contributed by atoms with Gasteiger partial charge < -0.3 is 0 Å². The molecule has 0 radical (unpaired) electrons. The molecule has 1 aromatic carbocycles. The molecule has 0 atom stereocenters. The van der Waals surface area contributed by atoms with Crippen molar-refractivity contribution in [1.29, 1.82) is 0 Å². The monoisotopic (exact) mass is 347 g/mol. The quantitative estimate of drug-likeness (QED) is 0.661. The van der Waals surface area contributed by atoms with Gasteiger partial charge >= 0.3 is 0 Å². The number of nitrogens with one attached hydrogen (secondary N) is 1. The van der Waals surface area contributed by atoms with E-state index in [-0.39, 0.29) is 16.5 Å². The fourth-order valence-electron chi connectivity index (χ4n) is 1.64. The van der Waals surface area contributed by atoms with E-state index >= 15 is 0 Å². The summed E-state index contributed by atoms with van der Waals surface area (Å²) in [6.45, 7) is 1.54. The number of aryl methyl sites for hydroxylation is 1. The average Bonchev–Trinajstić information content (AvgIpc) is 2.88. The Morgan fingerprint density at radius 2 is 2.19 bits per heavy atom. The largest absolute Gasteiger partial charge is 0.289 e. The molecule has 0 bridgehead atoms. The number of sulfonamides is 1. The van der Waals surface area contributed by atoms with Gasteiger partial charge in [-0.05, 0) is 18.6 Å². The molecule has 0 unspecified atom stereocenters. The van der Waals surface area contributed by atoms with Crippen molar-refractivity contribution in [3.63, 3.8) is 0 Å². The van der Waals surface area contributed by atoms with Gasteiger partial charge in [0.25, 0.3) is 5.69 Å². The second kappa shape index (κ2) is 6.06. The van der Waals surface area contributed by atoms with E-state index in [0.29, 0.717) is 11.3 Å². The Kier molecular flexibility index (Phi) is 4.57. The first kappa shape index (κ1) is 15.8. The van der Waals surface area contributed by atoms with Crippen molar-refractivity contribution in [3.05, 3.63) is 49.4 Å². The normalized spacial score (nSPS) is 11.5. The summed E-state index contributed by atoms with van der Waals surface area (Å²) >= 11 is 7.08. The Morgan fingerprint density at radius 3 is 2.76 bits per heavy atom. The van der Waals surface area contributed by atoms with E-state index in [1.165, 1.54) is 24.3 Å². The molecule has 112 valence electrons.